The summed E-state index contributed by atoms with van der Waals surface area (Å²) in [6.45, 7) is 7.65. The molecule has 1 amide bonds. The zero-order chi connectivity index (χ0) is 20.1. The first kappa shape index (κ1) is 18.9. The summed E-state index contributed by atoms with van der Waals surface area (Å²) >= 11 is 0. The quantitative estimate of drug-likeness (QED) is 0.846. The van der Waals surface area contributed by atoms with Crippen LogP contribution < -0.4 is 11.1 Å². The third-order valence-corrected chi connectivity index (χ3v) is 5.84. The molecule has 2 heterocycles. The van der Waals surface area contributed by atoms with E-state index < -0.39 is 11.7 Å². The van der Waals surface area contributed by atoms with E-state index in [9.17, 15) is 9.18 Å². The summed E-state index contributed by atoms with van der Waals surface area (Å²) in [6, 6.07) is 3.15. The van der Waals surface area contributed by atoms with Gasteiger partial charge in [0.25, 0.3) is 5.91 Å². The Morgan fingerprint density at radius 3 is 2.89 bits per heavy atom. The number of nitrogens with zero attached hydrogens (tertiary/aromatic N) is 2. The highest BCUT2D eigenvalue weighted by atomic mass is 19.1. The third kappa shape index (κ3) is 3.39. The number of anilines is 1. The maximum Gasteiger partial charge on any atom is 0.253 e. The number of nitrogens with two attached hydrogens (primary N) is 1. The minimum absolute atomic E-state index is 0.0277. The molecule has 3 N–H and O–H groups in total. The molecule has 4 rings (SSSR count). The van der Waals surface area contributed by atoms with Crippen molar-refractivity contribution in [2.75, 3.05) is 18.5 Å². The van der Waals surface area contributed by atoms with Gasteiger partial charge < -0.3 is 15.8 Å². The lowest BCUT2D eigenvalue weighted by Crippen LogP contribution is -2.25. The minimum atomic E-state index is -0.787. The Morgan fingerprint density at radius 1 is 1.43 bits per heavy atom. The van der Waals surface area contributed by atoms with Crippen molar-refractivity contribution < 1.29 is 13.9 Å². The van der Waals surface area contributed by atoms with Gasteiger partial charge in [-0.3, -0.25) is 4.79 Å². The van der Waals surface area contributed by atoms with Crippen LogP contribution in [0.1, 0.15) is 54.0 Å². The SMILES string of the molecule is Cc1nn(-c2cc(F)c(C(N)=O)c(N[C@@H]3CCOC3)c2)c2c1CCC(C)(C)C2. The molecule has 0 spiro atoms. The van der Waals surface area contributed by atoms with Crippen molar-refractivity contribution in [1.82, 2.24) is 9.78 Å². The Labute approximate surface area is 164 Å². The van der Waals surface area contributed by atoms with Crippen LogP contribution in [-0.2, 0) is 17.6 Å². The van der Waals surface area contributed by atoms with E-state index in [0.29, 0.717) is 24.6 Å². The summed E-state index contributed by atoms with van der Waals surface area (Å²) in [5.74, 6) is -1.42. The molecule has 0 unspecified atom stereocenters. The average Bonchev–Trinajstić information content (AvgIpc) is 3.21. The second-order valence-corrected chi connectivity index (χ2v) is 8.68. The highest BCUT2D eigenvalue weighted by Crippen LogP contribution is 2.37. The molecule has 28 heavy (non-hydrogen) atoms. The van der Waals surface area contributed by atoms with Gasteiger partial charge in [0.1, 0.15) is 5.82 Å². The zero-order valence-corrected chi connectivity index (χ0v) is 16.6. The molecule has 2 aliphatic rings. The first-order valence-electron chi connectivity index (χ1n) is 9.80. The summed E-state index contributed by atoms with van der Waals surface area (Å²) in [5.41, 5.74) is 9.86. The summed E-state index contributed by atoms with van der Waals surface area (Å²) in [7, 11) is 0. The molecule has 2 aromatic rings. The minimum Gasteiger partial charge on any atom is -0.379 e. The Balaban J connectivity index is 1.81. The first-order valence-corrected chi connectivity index (χ1v) is 9.80. The maximum absolute atomic E-state index is 14.9. The fraction of sp³-hybridized carbons (Fsp3) is 0.524. The average molecular weight is 386 g/mol. The van der Waals surface area contributed by atoms with Gasteiger partial charge in [0.2, 0.25) is 0 Å². The Morgan fingerprint density at radius 2 is 2.21 bits per heavy atom. The molecule has 1 aromatic heterocycles. The van der Waals surface area contributed by atoms with Crippen molar-refractivity contribution in [2.24, 2.45) is 11.1 Å². The number of primary amides is 1. The topological polar surface area (TPSA) is 82.2 Å². The van der Waals surface area contributed by atoms with Gasteiger partial charge in [-0.15, -0.1) is 0 Å². The number of amides is 1. The van der Waals surface area contributed by atoms with Crippen LogP contribution in [0.4, 0.5) is 10.1 Å². The van der Waals surface area contributed by atoms with Gasteiger partial charge >= 0.3 is 0 Å². The third-order valence-electron chi connectivity index (χ3n) is 5.84. The lowest BCUT2D eigenvalue weighted by atomic mass is 9.76. The monoisotopic (exact) mass is 386 g/mol. The Bertz CT molecular complexity index is 929. The molecule has 1 aliphatic heterocycles. The highest BCUT2D eigenvalue weighted by Gasteiger charge is 2.31. The van der Waals surface area contributed by atoms with Crippen molar-refractivity contribution in [1.29, 1.82) is 0 Å². The molecule has 1 saturated heterocycles. The van der Waals surface area contributed by atoms with E-state index in [1.54, 1.807) is 6.07 Å². The molecule has 0 bridgehead atoms. The van der Waals surface area contributed by atoms with Crippen LogP contribution in [0.3, 0.4) is 0 Å². The number of aryl methyl sites for hydroxylation is 1. The van der Waals surface area contributed by atoms with E-state index >= 15 is 0 Å². The maximum atomic E-state index is 14.9. The second kappa shape index (κ2) is 6.88. The molecule has 1 aliphatic carbocycles. The van der Waals surface area contributed by atoms with Crippen molar-refractivity contribution >= 4 is 11.6 Å². The van der Waals surface area contributed by atoms with Gasteiger partial charge in [0.15, 0.2) is 0 Å². The van der Waals surface area contributed by atoms with Gasteiger partial charge in [-0.2, -0.15) is 5.10 Å². The summed E-state index contributed by atoms with van der Waals surface area (Å²) in [6.07, 6.45) is 3.76. The van der Waals surface area contributed by atoms with Gasteiger partial charge in [0.05, 0.1) is 35.3 Å². The number of hydrogen-bond acceptors (Lipinski definition) is 4. The van der Waals surface area contributed by atoms with Crippen LogP contribution in [0.15, 0.2) is 12.1 Å². The number of aromatic nitrogens is 2. The second-order valence-electron chi connectivity index (χ2n) is 8.68. The van der Waals surface area contributed by atoms with E-state index in [2.05, 4.69) is 19.2 Å². The van der Waals surface area contributed by atoms with Crippen LogP contribution in [0.25, 0.3) is 5.69 Å². The molecular formula is C21H27FN4O2. The number of halogens is 1. The summed E-state index contributed by atoms with van der Waals surface area (Å²) in [5, 5.41) is 7.94. The first-order chi connectivity index (χ1) is 13.2. The molecule has 1 atom stereocenters. The van der Waals surface area contributed by atoms with Gasteiger partial charge in [-0.1, -0.05) is 13.8 Å². The van der Waals surface area contributed by atoms with E-state index in [1.165, 1.54) is 11.6 Å². The number of ether oxygens (including phenoxy) is 1. The predicted octanol–water partition coefficient (Wildman–Crippen LogP) is 3.13. The lowest BCUT2D eigenvalue weighted by Gasteiger charge is -2.30. The van der Waals surface area contributed by atoms with Crippen molar-refractivity contribution in [2.45, 2.75) is 52.5 Å². The molecule has 0 saturated carbocycles. The van der Waals surface area contributed by atoms with E-state index in [1.807, 2.05) is 11.6 Å². The van der Waals surface area contributed by atoms with Crippen LogP contribution >= 0.6 is 0 Å². The van der Waals surface area contributed by atoms with Gasteiger partial charge in [0, 0.05) is 18.4 Å². The summed E-state index contributed by atoms with van der Waals surface area (Å²) in [4.78, 5) is 11.9. The lowest BCUT2D eigenvalue weighted by molar-refractivity contribution is 0.0997. The van der Waals surface area contributed by atoms with Crippen LogP contribution in [-0.4, -0.2) is 34.9 Å². The van der Waals surface area contributed by atoms with Crippen molar-refractivity contribution in [3.8, 4) is 5.69 Å². The van der Waals surface area contributed by atoms with Crippen LogP contribution in [0.2, 0.25) is 0 Å². The van der Waals surface area contributed by atoms with Gasteiger partial charge in [-0.25, -0.2) is 9.07 Å². The van der Waals surface area contributed by atoms with E-state index in [-0.39, 0.29) is 17.0 Å². The number of hydrogen-bond donors (Lipinski definition) is 2. The zero-order valence-electron chi connectivity index (χ0n) is 16.6. The molecular weight excluding hydrogens is 359 g/mol. The van der Waals surface area contributed by atoms with E-state index in [0.717, 1.165) is 37.1 Å². The molecule has 6 nitrogen and oxygen atoms in total. The van der Waals surface area contributed by atoms with Crippen LogP contribution in [0.5, 0.6) is 0 Å². The normalized spacial score (nSPS) is 20.8. The predicted molar refractivity (Wildman–Crippen MR) is 105 cm³/mol. The Kier molecular flexibility index (Phi) is 4.65. The van der Waals surface area contributed by atoms with Gasteiger partial charge in [-0.05, 0) is 49.7 Å². The van der Waals surface area contributed by atoms with Crippen molar-refractivity contribution in [3.05, 3.63) is 40.5 Å². The molecule has 150 valence electrons. The van der Waals surface area contributed by atoms with Crippen molar-refractivity contribution in [3.63, 3.8) is 0 Å². The molecule has 7 heteroatoms. The largest absolute Gasteiger partial charge is 0.379 e. The molecule has 0 radical (unpaired) electrons. The summed E-state index contributed by atoms with van der Waals surface area (Å²) < 4.78 is 22.1. The number of fused-ring (bicyclic) bond motifs is 1. The standard InChI is InChI=1S/C21H27FN4O2/c1-12-15-4-6-21(2,3)10-18(15)26(25-12)14-8-16(22)19(20(23)27)17(9-14)24-13-5-7-28-11-13/h8-9,13,24H,4-7,10-11H2,1-3H3,(H2,23,27)/t13-/m1/s1. The molecule has 1 aromatic carbocycles. The number of nitrogens with one attached hydrogen (secondary N) is 1. The smallest absolute Gasteiger partial charge is 0.253 e. The fourth-order valence-electron chi connectivity index (χ4n) is 4.28. The Hall–Kier alpha value is -2.41. The fourth-order valence-corrected chi connectivity index (χ4v) is 4.28. The number of carbonyl (C=O) groups excluding carboxylic acids is 1. The highest BCUT2D eigenvalue weighted by molar-refractivity contribution is 5.99. The van der Waals surface area contributed by atoms with E-state index in [4.69, 9.17) is 15.6 Å². The number of benzene rings is 1. The molecule has 1 fully saturated rings. The number of rotatable bonds is 4. The number of carbonyl (C=O) groups is 1. The van der Waals surface area contributed by atoms with Crippen LogP contribution in [0, 0.1) is 18.2 Å².